The van der Waals surface area contributed by atoms with Gasteiger partial charge in [-0.3, -0.25) is 19.2 Å². The second kappa shape index (κ2) is 50.5. The minimum absolute atomic E-state index is 0.0581. The quantitative estimate of drug-likeness (QED) is 0.0195. The maximum Gasteiger partial charge on any atom is 0.311 e. The van der Waals surface area contributed by atoms with Crippen LogP contribution < -0.4 is 18.9 Å². The lowest BCUT2D eigenvalue weighted by atomic mass is 9.89. The standard InChI is InChI=1S/C76H102N12O20/c1-5-93-33-37-97-41-45-101-55-85-51-61(77-81-85)13-9-17-73(89)105-65-25-21-59(22-26-65)69-31-29-67(107-75(91)19-11-15-63-53-87(83-79-63)57-103-47-43-99-39-35-95-7-3)49-71(69)72-50-68(108-76(92)20-12-16-64-54-88(84-80-64)58-104-48-44-100-40-36-96-8-4)30-32-70(72)60-23-27-66(28-24-60)106-74(90)18-10-14-62-52-86(82-78-62)56-102-46-42-98-38-34-94-6-2/h21-32,49-54H,5-20,33-48,55-58H2,1-4H3. The third-order valence-electron chi connectivity index (χ3n) is 15.8. The zero-order valence-electron chi connectivity index (χ0n) is 62.4. The Morgan fingerprint density at radius 2 is 0.509 bits per heavy atom. The molecule has 0 amide bonds. The molecule has 0 N–H and O–H groups in total. The van der Waals surface area contributed by atoms with Gasteiger partial charge in [0.2, 0.25) is 0 Å². The van der Waals surface area contributed by atoms with E-state index in [1.54, 1.807) is 92.0 Å². The fourth-order valence-corrected chi connectivity index (χ4v) is 10.5. The Kier molecular flexibility index (Phi) is 39.5. The summed E-state index contributed by atoms with van der Waals surface area (Å²) < 4.78 is 96.1. The van der Waals surface area contributed by atoms with Gasteiger partial charge in [0.25, 0.3) is 0 Å². The van der Waals surface area contributed by atoms with Crippen LogP contribution >= 0.6 is 0 Å². The largest absolute Gasteiger partial charge is 0.427 e. The number of hydrogen-bond acceptors (Lipinski definition) is 28. The molecule has 0 aliphatic rings. The maximum absolute atomic E-state index is 13.8. The Hall–Kier alpha value is -9.16. The van der Waals surface area contributed by atoms with Gasteiger partial charge in [-0.1, -0.05) is 57.3 Å². The topological polar surface area (TPSA) is 339 Å². The highest BCUT2D eigenvalue weighted by Gasteiger charge is 2.20. The predicted octanol–water partition coefficient (Wildman–Crippen LogP) is 8.88. The highest BCUT2D eigenvalue weighted by molar-refractivity contribution is 5.94. The Bertz CT molecular complexity index is 3600. The van der Waals surface area contributed by atoms with Crippen LogP contribution in [0.25, 0.3) is 33.4 Å². The van der Waals surface area contributed by atoms with E-state index in [4.69, 9.17) is 75.8 Å². The molecule has 0 bridgehead atoms. The molecular weight excluding hydrogens is 1400 g/mol. The number of carbonyl (C=O) groups excluding carboxylic acids is 4. The summed E-state index contributed by atoms with van der Waals surface area (Å²) in [5.41, 5.74) is 6.73. The molecule has 0 atom stereocenters. The van der Waals surface area contributed by atoms with E-state index in [-0.39, 0.29) is 64.1 Å². The molecule has 4 heterocycles. The first-order chi connectivity index (χ1) is 53.0. The number of esters is 4. The molecule has 0 unspecified atom stereocenters. The second-order valence-corrected chi connectivity index (χ2v) is 24.2. The van der Waals surface area contributed by atoms with Crippen molar-refractivity contribution in [1.82, 2.24) is 60.0 Å². The summed E-state index contributed by atoms with van der Waals surface area (Å²) in [4.78, 5) is 54.2. The van der Waals surface area contributed by atoms with E-state index in [2.05, 4.69) is 41.2 Å². The molecule has 8 rings (SSSR count). The Morgan fingerprint density at radius 1 is 0.278 bits per heavy atom. The van der Waals surface area contributed by atoms with Crippen molar-refractivity contribution in [2.24, 2.45) is 0 Å². The van der Waals surface area contributed by atoms with Crippen LogP contribution in [0.2, 0.25) is 0 Å². The molecule has 0 aliphatic carbocycles. The van der Waals surface area contributed by atoms with Gasteiger partial charge in [-0.15, -0.1) is 20.4 Å². The average Bonchev–Trinajstić information content (AvgIpc) is 1.18. The minimum atomic E-state index is -0.484. The molecule has 0 aliphatic heterocycles. The van der Waals surface area contributed by atoms with Gasteiger partial charge in [0.15, 0.2) is 0 Å². The molecule has 108 heavy (non-hydrogen) atoms. The van der Waals surface area contributed by atoms with Gasteiger partial charge in [0.05, 0.1) is 153 Å². The van der Waals surface area contributed by atoms with Crippen LogP contribution in [-0.2, 0) is 129 Å². The summed E-state index contributed by atoms with van der Waals surface area (Å²) in [5.74, 6) is -0.697. The molecule has 0 saturated heterocycles. The molecule has 8 aromatic rings. The van der Waals surface area contributed by atoms with Gasteiger partial charge >= 0.3 is 23.9 Å². The second-order valence-electron chi connectivity index (χ2n) is 24.2. The van der Waals surface area contributed by atoms with Crippen molar-refractivity contribution in [3.05, 3.63) is 132 Å². The van der Waals surface area contributed by atoms with Crippen LogP contribution in [0.4, 0.5) is 0 Å². The number of rotatable bonds is 59. The number of carbonyl (C=O) groups is 4. The lowest BCUT2D eigenvalue weighted by molar-refractivity contribution is -0.135. The molecule has 4 aromatic carbocycles. The first-order valence-electron chi connectivity index (χ1n) is 36.9. The molecule has 0 fully saturated rings. The third kappa shape index (κ3) is 32.7. The van der Waals surface area contributed by atoms with Crippen molar-refractivity contribution in [2.75, 3.05) is 132 Å². The summed E-state index contributed by atoms with van der Waals surface area (Å²) in [5, 5.41) is 33.6. The normalized spacial score (nSPS) is 11.4. The highest BCUT2D eigenvalue weighted by atomic mass is 16.6. The van der Waals surface area contributed by atoms with Crippen LogP contribution in [0.5, 0.6) is 23.0 Å². The van der Waals surface area contributed by atoms with Gasteiger partial charge in [0.1, 0.15) is 49.9 Å². The SMILES string of the molecule is CCOCCOCCOCn1cc(CCCC(=O)Oc2ccc(-c3ccc(OC(=O)CCCc4cn(COCCOCCOCC)nn4)cc3-c3cc(OC(=O)CCCc4cn(COCCOCCOCC)nn4)ccc3-c3ccc(OC(=O)CCCc4cn(COCCOCCOCC)nn4)cc3)cc2)nn1. The van der Waals surface area contributed by atoms with Gasteiger partial charge in [-0.25, -0.2) is 18.7 Å². The summed E-state index contributed by atoms with van der Waals surface area (Å²) in [7, 11) is 0. The molecular formula is C76H102N12O20. The van der Waals surface area contributed by atoms with Crippen LogP contribution in [0, 0.1) is 0 Å². The lowest BCUT2D eigenvalue weighted by Crippen LogP contribution is -2.11. The summed E-state index contributed by atoms with van der Waals surface area (Å²) in [6.45, 7) is 18.3. The number of ether oxygens (including phenoxy) is 16. The van der Waals surface area contributed by atoms with Gasteiger partial charge in [-0.2, -0.15) is 0 Å². The lowest BCUT2D eigenvalue weighted by Gasteiger charge is -2.18. The van der Waals surface area contributed by atoms with E-state index in [1.807, 2.05) is 64.1 Å². The Morgan fingerprint density at radius 3 is 0.769 bits per heavy atom. The fourth-order valence-electron chi connectivity index (χ4n) is 10.5. The maximum atomic E-state index is 13.8. The van der Waals surface area contributed by atoms with Crippen molar-refractivity contribution in [2.45, 2.75) is 132 Å². The van der Waals surface area contributed by atoms with E-state index in [0.717, 1.165) is 0 Å². The Balaban J connectivity index is 0.963. The first-order valence-corrected chi connectivity index (χ1v) is 36.9. The van der Waals surface area contributed by atoms with E-state index >= 15 is 0 Å². The number of hydrogen-bond donors (Lipinski definition) is 0. The van der Waals surface area contributed by atoms with Crippen LogP contribution in [0.1, 0.15) is 102 Å². The molecule has 0 spiro atoms. The van der Waals surface area contributed by atoms with Crippen molar-refractivity contribution >= 4 is 23.9 Å². The average molecular weight is 1500 g/mol. The molecule has 0 radical (unpaired) electrons. The van der Waals surface area contributed by atoms with Gasteiger partial charge in [0, 0.05) is 52.1 Å². The zero-order chi connectivity index (χ0) is 75.9. The van der Waals surface area contributed by atoms with Crippen LogP contribution in [0.3, 0.4) is 0 Å². The summed E-state index contributed by atoms with van der Waals surface area (Å²) in [6, 6.07) is 24.7. The van der Waals surface area contributed by atoms with Gasteiger partial charge in [-0.05, 0) is 161 Å². The zero-order valence-corrected chi connectivity index (χ0v) is 62.4. The smallest absolute Gasteiger partial charge is 0.311 e. The van der Waals surface area contributed by atoms with E-state index in [1.165, 1.54) is 0 Å². The predicted molar refractivity (Wildman–Crippen MR) is 390 cm³/mol. The van der Waals surface area contributed by atoms with E-state index < -0.39 is 23.9 Å². The van der Waals surface area contributed by atoms with Gasteiger partial charge < -0.3 is 75.8 Å². The molecule has 4 aromatic heterocycles. The van der Waals surface area contributed by atoms with E-state index in [9.17, 15) is 19.2 Å². The summed E-state index contributed by atoms with van der Waals surface area (Å²) in [6.07, 6.45) is 11.1. The molecule has 32 nitrogen and oxygen atoms in total. The molecule has 32 heteroatoms. The molecule has 0 saturated carbocycles. The number of aryl methyl sites for hydroxylation is 4. The van der Waals surface area contributed by atoms with E-state index in [0.29, 0.717) is 251 Å². The van der Waals surface area contributed by atoms with Crippen LogP contribution in [-0.4, -0.2) is 216 Å². The van der Waals surface area contributed by atoms with Crippen molar-refractivity contribution in [3.63, 3.8) is 0 Å². The fraction of sp³-hybridized carbons (Fsp3) is 0.526. The van der Waals surface area contributed by atoms with Crippen molar-refractivity contribution < 1.29 is 95.0 Å². The van der Waals surface area contributed by atoms with Crippen molar-refractivity contribution in [3.8, 4) is 56.4 Å². The third-order valence-corrected chi connectivity index (χ3v) is 15.8. The molecule has 586 valence electrons. The number of aromatic nitrogens is 12. The summed E-state index contributed by atoms with van der Waals surface area (Å²) >= 11 is 0. The Labute approximate surface area is 629 Å². The number of nitrogens with zero attached hydrogens (tertiary/aromatic N) is 12. The van der Waals surface area contributed by atoms with Crippen LogP contribution in [0.15, 0.2) is 110 Å². The monoisotopic (exact) mass is 1500 g/mol. The highest BCUT2D eigenvalue weighted by Crippen LogP contribution is 2.43. The first kappa shape index (κ1) is 84.5. The number of benzene rings is 4. The van der Waals surface area contributed by atoms with Crippen molar-refractivity contribution in [1.29, 1.82) is 0 Å². The minimum Gasteiger partial charge on any atom is -0.427 e.